The van der Waals surface area contributed by atoms with Gasteiger partial charge in [0.25, 0.3) is 0 Å². The Morgan fingerprint density at radius 1 is 1.00 bits per heavy atom. The molecule has 0 radical (unpaired) electrons. The SMILES string of the molecule is [C-]#[N+]c1cccc(-c2nnc(CS(=O)(=O)[C@@H](C)[C@H](OC)c3ncc(C)cn3)n2-c2c(OC)cccc2OC)c1. The van der Waals surface area contributed by atoms with E-state index in [1.165, 1.54) is 21.3 Å². The molecule has 0 aliphatic rings. The lowest BCUT2D eigenvalue weighted by atomic mass is 10.1. The molecular weight excluding hydrogens is 520 g/mol. The van der Waals surface area contributed by atoms with Crippen molar-refractivity contribution in [2.45, 2.75) is 31.0 Å². The highest BCUT2D eigenvalue weighted by molar-refractivity contribution is 7.91. The molecule has 0 N–H and O–H groups in total. The van der Waals surface area contributed by atoms with Crippen LogP contribution in [0.3, 0.4) is 0 Å². The first kappa shape index (κ1) is 27.7. The van der Waals surface area contributed by atoms with Crippen LogP contribution in [0.5, 0.6) is 11.5 Å². The summed E-state index contributed by atoms with van der Waals surface area (Å²) < 4.78 is 45.9. The van der Waals surface area contributed by atoms with Gasteiger partial charge in [-0.3, -0.25) is 4.57 Å². The number of ether oxygens (including phenoxy) is 3. The van der Waals surface area contributed by atoms with Gasteiger partial charge in [0.1, 0.15) is 29.0 Å². The quantitative estimate of drug-likeness (QED) is 0.267. The summed E-state index contributed by atoms with van der Waals surface area (Å²) >= 11 is 0. The second kappa shape index (κ2) is 11.6. The third-order valence-electron chi connectivity index (χ3n) is 6.22. The fourth-order valence-corrected chi connectivity index (χ4v) is 5.57. The molecule has 12 heteroatoms. The van der Waals surface area contributed by atoms with E-state index in [4.69, 9.17) is 20.8 Å². The first-order valence-corrected chi connectivity index (χ1v) is 13.6. The van der Waals surface area contributed by atoms with Crippen LogP contribution in [0.15, 0.2) is 54.9 Å². The molecule has 2 aromatic carbocycles. The van der Waals surface area contributed by atoms with Crippen molar-refractivity contribution < 1.29 is 22.6 Å². The molecule has 2 aromatic heterocycles. The zero-order chi connectivity index (χ0) is 28.2. The predicted octanol–water partition coefficient (Wildman–Crippen LogP) is 4.29. The normalized spacial score (nSPS) is 12.9. The molecule has 0 saturated carbocycles. The summed E-state index contributed by atoms with van der Waals surface area (Å²) in [7, 11) is 0.539. The number of aryl methyl sites for hydroxylation is 1. The fourth-order valence-electron chi connectivity index (χ4n) is 4.15. The molecule has 0 bridgehead atoms. The second-order valence-electron chi connectivity index (χ2n) is 8.74. The van der Waals surface area contributed by atoms with E-state index in [0.29, 0.717) is 34.3 Å². The minimum atomic E-state index is -3.89. The van der Waals surface area contributed by atoms with Gasteiger partial charge in [-0.1, -0.05) is 24.3 Å². The number of aromatic nitrogens is 5. The highest BCUT2D eigenvalue weighted by Crippen LogP contribution is 2.37. The average molecular weight is 549 g/mol. The van der Waals surface area contributed by atoms with Gasteiger partial charge < -0.3 is 14.2 Å². The zero-order valence-electron chi connectivity index (χ0n) is 22.2. The first-order valence-electron chi connectivity index (χ1n) is 11.9. The van der Waals surface area contributed by atoms with Crippen LogP contribution in [0.2, 0.25) is 0 Å². The number of rotatable bonds is 10. The highest BCUT2D eigenvalue weighted by Gasteiger charge is 2.35. The van der Waals surface area contributed by atoms with Gasteiger partial charge in [0.15, 0.2) is 33.0 Å². The summed E-state index contributed by atoms with van der Waals surface area (Å²) in [4.78, 5) is 12.0. The van der Waals surface area contributed by atoms with Crippen molar-refractivity contribution in [1.29, 1.82) is 0 Å². The van der Waals surface area contributed by atoms with Gasteiger partial charge in [-0.05, 0) is 37.6 Å². The van der Waals surface area contributed by atoms with Crippen LogP contribution >= 0.6 is 0 Å². The van der Waals surface area contributed by atoms with Crippen molar-refractivity contribution in [1.82, 2.24) is 24.7 Å². The third-order valence-corrected chi connectivity index (χ3v) is 8.26. The first-order chi connectivity index (χ1) is 18.7. The Labute approximate surface area is 227 Å². The standard InChI is InChI=1S/C27H28N6O5S/c1-17-14-29-26(30-15-17)25(38-6)18(2)39(34,35)16-23-31-32-27(19-9-7-10-20(13-19)28-3)33(23)24-21(36-4)11-8-12-22(24)37-5/h7-15,18,25H,16H2,1-2,4-6H3/t18-,25-/m0/s1. The van der Waals surface area contributed by atoms with Gasteiger partial charge in [-0.25, -0.2) is 23.2 Å². The van der Waals surface area contributed by atoms with E-state index in [9.17, 15) is 8.42 Å². The highest BCUT2D eigenvalue weighted by atomic mass is 32.2. The van der Waals surface area contributed by atoms with Crippen molar-refractivity contribution in [3.63, 3.8) is 0 Å². The van der Waals surface area contributed by atoms with Crippen molar-refractivity contribution >= 4 is 15.5 Å². The van der Waals surface area contributed by atoms with Gasteiger partial charge in [-0.15, -0.1) is 10.2 Å². The minimum Gasteiger partial charge on any atom is -0.494 e. The van der Waals surface area contributed by atoms with E-state index in [1.54, 1.807) is 66.3 Å². The van der Waals surface area contributed by atoms with E-state index in [1.807, 2.05) is 6.92 Å². The maximum absolute atomic E-state index is 13.8. The molecule has 0 amide bonds. The van der Waals surface area contributed by atoms with E-state index in [0.717, 1.165) is 5.56 Å². The van der Waals surface area contributed by atoms with Crippen LogP contribution in [-0.2, 0) is 20.3 Å². The second-order valence-corrected chi connectivity index (χ2v) is 11.1. The molecule has 2 heterocycles. The van der Waals surface area contributed by atoms with Crippen molar-refractivity contribution in [2.24, 2.45) is 0 Å². The van der Waals surface area contributed by atoms with Crippen LogP contribution < -0.4 is 9.47 Å². The Morgan fingerprint density at radius 2 is 1.64 bits per heavy atom. The predicted molar refractivity (Wildman–Crippen MR) is 145 cm³/mol. The maximum atomic E-state index is 13.8. The van der Waals surface area contributed by atoms with Crippen LogP contribution in [-0.4, -0.2) is 59.7 Å². The lowest BCUT2D eigenvalue weighted by Crippen LogP contribution is -2.30. The molecule has 11 nitrogen and oxygen atoms in total. The molecular formula is C27H28N6O5S. The molecule has 2 atom stereocenters. The van der Waals surface area contributed by atoms with Gasteiger partial charge in [0, 0.05) is 25.1 Å². The number of para-hydroxylation sites is 1. The lowest BCUT2D eigenvalue weighted by molar-refractivity contribution is 0.0947. The Bertz CT molecular complexity index is 1590. The summed E-state index contributed by atoms with van der Waals surface area (Å²) in [5.74, 6) is 1.09. The number of nitrogens with zero attached hydrogens (tertiary/aromatic N) is 6. The van der Waals surface area contributed by atoms with Crippen LogP contribution in [0.1, 0.15) is 30.2 Å². The van der Waals surface area contributed by atoms with E-state index >= 15 is 0 Å². The van der Waals surface area contributed by atoms with E-state index in [2.05, 4.69) is 25.0 Å². The molecule has 0 unspecified atom stereocenters. The Balaban J connectivity index is 1.86. The molecule has 4 aromatic rings. The number of benzene rings is 2. The number of methoxy groups -OCH3 is 3. The third kappa shape index (κ3) is 5.59. The van der Waals surface area contributed by atoms with Crippen LogP contribution in [0, 0.1) is 13.5 Å². The molecule has 202 valence electrons. The monoisotopic (exact) mass is 548 g/mol. The number of sulfone groups is 1. The Kier molecular flexibility index (Phi) is 8.23. The maximum Gasteiger partial charge on any atom is 0.187 e. The minimum absolute atomic E-state index is 0.132. The summed E-state index contributed by atoms with van der Waals surface area (Å²) in [5, 5.41) is 7.62. The largest absolute Gasteiger partial charge is 0.494 e. The topological polar surface area (TPSA) is 123 Å². The molecule has 0 fully saturated rings. The van der Waals surface area contributed by atoms with E-state index in [-0.39, 0.29) is 11.6 Å². The molecule has 39 heavy (non-hydrogen) atoms. The van der Waals surface area contributed by atoms with Gasteiger partial charge in [-0.2, -0.15) is 0 Å². The van der Waals surface area contributed by atoms with Crippen LogP contribution in [0.25, 0.3) is 21.9 Å². The van der Waals surface area contributed by atoms with E-state index < -0.39 is 26.9 Å². The molecule has 0 saturated heterocycles. The summed E-state index contributed by atoms with van der Waals surface area (Å²) in [6.45, 7) is 10.8. The molecule has 0 spiro atoms. The number of hydrogen-bond acceptors (Lipinski definition) is 9. The zero-order valence-corrected chi connectivity index (χ0v) is 23.0. The Morgan fingerprint density at radius 3 is 2.23 bits per heavy atom. The van der Waals surface area contributed by atoms with Gasteiger partial charge >= 0.3 is 0 Å². The molecule has 0 aliphatic carbocycles. The van der Waals surface area contributed by atoms with Crippen molar-refractivity contribution in [3.05, 3.63) is 83.5 Å². The number of hydrogen-bond donors (Lipinski definition) is 0. The fraction of sp³-hybridized carbons (Fsp3) is 0.296. The van der Waals surface area contributed by atoms with Crippen molar-refractivity contribution in [3.8, 4) is 28.6 Å². The summed E-state index contributed by atoms with van der Waals surface area (Å²) in [6, 6.07) is 12.0. The summed E-state index contributed by atoms with van der Waals surface area (Å²) in [5.41, 5.74) is 2.25. The smallest absolute Gasteiger partial charge is 0.187 e. The lowest BCUT2D eigenvalue weighted by Gasteiger charge is -2.22. The van der Waals surface area contributed by atoms with Gasteiger partial charge in [0.2, 0.25) is 0 Å². The van der Waals surface area contributed by atoms with Crippen LogP contribution in [0.4, 0.5) is 5.69 Å². The van der Waals surface area contributed by atoms with Crippen molar-refractivity contribution in [2.75, 3.05) is 21.3 Å². The average Bonchev–Trinajstić information content (AvgIpc) is 3.35. The molecule has 4 rings (SSSR count). The Hall–Kier alpha value is -4.34. The van der Waals surface area contributed by atoms with Gasteiger partial charge in [0.05, 0.1) is 26.0 Å². The molecule has 0 aliphatic heterocycles. The summed E-state index contributed by atoms with van der Waals surface area (Å²) in [6.07, 6.45) is 2.33.